The molecule has 0 aliphatic carbocycles. The van der Waals surface area contributed by atoms with Crippen LogP contribution in [0.25, 0.3) is 0 Å². The lowest BCUT2D eigenvalue weighted by Gasteiger charge is -2.08. The number of carbonyl (C=O) groups excluding carboxylic acids is 2. The second-order valence-corrected chi connectivity index (χ2v) is 5.16. The Morgan fingerprint density at radius 2 is 1.57 bits per heavy atom. The highest BCUT2D eigenvalue weighted by Crippen LogP contribution is 2.23. The van der Waals surface area contributed by atoms with Crippen LogP contribution in [0.3, 0.4) is 0 Å². The molecule has 2 aromatic rings. The van der Waals surface area contributed by atoms with Gasteiger partial charge in [-0.3, -0.25) is 9.59 Å². The van der Waals surface area contributed by atoms with Gasteiger partial charge < -0.3 is 10.6 Å². The lowest BCUT2D eigenvalue weighted by molar-refractivity contribution is -0.114. The van der Waals surface area contributed by atoms with Crippen molar-refractivity contribution in [3.05, 3.63) is 58.1 Å². The van der Waals surface area contributed by atoms with Crippen molar-refractivity contribution in [3.63, 3.8) is 0 Å². The molecule has 6 heteroatoms. The number of halogens is 2. The largest absolute Gasteiger partial charge is 0.326 e. The van der Waals surface area contributed by atoms with E-state index < -0.39 is 0 Å². The van der Waals surface area contributed by atoms with Gasteiger partial charge in [0.1, 0.15) is 0 Å². The van der Waals surface area contributed by atoms with Crippen LogP contribution in [0.1, 0.15) is 17.3 Å². The van der Waals surface area contributed by atoms with Crippen molar-refractivity contribution in [2.24, 2.45) is 0 Å². The first kappa shape index (κ1) is 15.4. The lowest BCUT2D eigenvalue weighted by Crippen LogP contribution is -2.12. The fraction of sp³-hybridized carbons (Fsp3) is 0.0667. The van der Waals surface area contributed by atoms with E-state index in [-0.39, 0.29) is 11.8 Å². The van der Waals surface area contributed by atoms with Gasteiger partial charge in [0, 0.05) is 23.9 Å². The number of amides is 2. The molecule has 0 saturated heterocycles. The van der Waals surface area contributed by atoms with Gasteiger partial charge in [-0.15, -0.1) is 0 Å². The molecule has 2 amide bonds. The predicted octanol–water partition coefficient (Wildman–Crippen LogP) is 4.20. The third kappa shape index (κ3) is 4.21. The van der Waals surface area contributed by atoms with Crippen molar-refractivity contribution in [2.75, 3.05) is 10.6 Å². The number of hydrogen-bond donors (Lipinski definition) is 2. The molecule has 0 saturated carbocycles. The highest BCUT2D eigenvalue weighted by atomic mass is 35.5. The van der Waals surface area contributed by atoms with Crippen LogP contribution in [0.4, 0.5) is 11.4 Å². The summed E-state index contributed by atoms with van der Waals surface area (Å²) in [5.41, 5.74) is 1.57. The fourth-order valence-electron chi connectivity index (χ4n) is 1.72. The predicted molar refractivity (Wildman–Crippen MR) is 85.2 cm³/mol. The standard InChI is InChI=1S/C15H12Cl2N2O2/c1-9(20)18-11-3-2-4-12(8-11)19-15(21)10-5-6-13(16)14(17)7-10/h2-8H,1H3,(H,18,20)(H,19,21). The summed E-state index contributed by atoms with van der Waals surface area (Å²) in [5.74, 6) is -0.489. The molecule has 0 fully saturated rings. The van der Waals surface area contributed by atoms with Crippen LogP contribution in [-0.4, -0.2) is 11.8 Å². The third-order valence-electron chi connectivity index (χ3n) is 2.62. The second-order valence-electron chi connectivity index (χ2n) is 4.35. The van der Waals surface area contributed by atoms with Gasteiger partial charge in [0.05, 0.1) is 10.0 Å². The summed E-state index contributed by atoms with van der Waals surface area (Å²) in [4.78, 5) is 23.1. The smallest absolute Gasteiger partial charge is 0.255 e. The van der Waals surface area contributed by atoms with E-state index in [1.54, 1.807) is 36.4 Å². The molecule has 4 nitrogen and oxygen atoms in total. The summed E-state index contributed by atoms with van der Waals surface area (Å²) in [5, 5.41) is 6.08. The molecule has 2 aromatic carbocycles. The number of nitrogens with one attached hydrogen (secondary N) is 2. The molecule has 0 spiro atoms. The van der Waals surface area contributed by atoms with E-state index in [1.165, 1.54) is 13.0 Å². The molecule has 2 N–H and O–H groups in total. The average molecular weight is 323 g/mol. The zero-order valence-electron chi connectivity index (χ0n) is 11.1. The molecule has 0 heterocycles. The Balaban J connectivity index is 2.15. The van der Waals surface area contributed by atoms with Gasteiger partial charge in [0.25, 0.3) is 5.91 Å². The second kappa shape index (κ2) is 6.61. The Labute approximate surface area is 132 Å². The van der Waals surface area contributed by atoms with Gasteiger partial charge >= 0.3 is 0 Å². The van der Waals surface area contributed by atoms with E-state index in [0.717, 1.165) is 0 Å². The number of benzene rings is 2. The molecular formula is C15H12Cl2N2O2. The Morgan fingerprint density at radius 1 is 0.905 bits per heavy atom. The molecule has 0 aliphatic heterocycles. The normalized spacial score (nSPS) is 10.0. The average Bonchev–Trinajstić information content (AvgIpc) is 2.41. The molecule has 21 heavy (non-hydrogen) atoms. The minimum Gasteiger partial charge on any atom is -0.326 e. The van der Waals surface area contributed by atoms with Gasteiger partial charge in [-0.1, -0.05) is 29.3 Å². The highest BCUT2D eigenvalue weighted by molar-refractivity contribution is 6.42. The van der Waals surface area contributed by atoms with Crippen molar-refractivity contribution in [1.29, 1.82) is 0 Å². The molecule has 0 aliphatic rings. The van der Waals surface area contributed by atoms with Crippen LogP contribution in [0.15, 0.2) is 42.5 Å². The van der Waals surface area contributed by atoms with Gasteiger partial charge in [-0.25, -0.2) is 0 Å². The number of rotatable bonds is 3. The van der Waals surface area contributed by atoms with Crippen molar-refractivity contribution in [2.45, 2.75) is 6.92 Å². The lowest BCUT2D eigenvalue weighted by atomic mass is 10.2. The topological polar surface area (TPSA) is 58.2 Å². The molecular weight excluding hydrogens is 311 g/mol. The summed E-state index contributed by atoms with van der Waals surface area (Å²) < 4.78 is 0. The van der Waals surface area contributed by atoms with Gasteiger partial charge in [-0.2, -0.15) is 0 Å². The zero-order valence-corrected chi connectivity index (χ0v) is 12.6. The number of hydrogen-bond acceptors (Lipinski definition) is 2. The van der Waals surface area contributed by atoms with E-state index in [1.807, 2.05) is 0 Å². The van der Waals surface area contributed by atoms with Crippen LogP contribution >= 0.6 is 23.2 Å². The van der Waals surface area contributed by atoms with Crippen LogP contribution in [-0.2, 0) is 4.79 Å². The number of carbonyl (C=O) groups is 2. The molecule has 108 valence electrons. The fourth-order valence-corrected chi connectivity index (χ4v) is 2.02. The SMILES string of the molecule is CC(=O)Nc1cccc(NC(=O)c2ccc(Cl)c(Cl)c2)c1. The number of anilines is 2. The minimum absolute atomic E-state index is 0.178. The Kier molecular flexibility index (Phi) is 4.83. The summed E-state index contributed by atoms with van der Waals surface area (Å²) in [6.07, 6.45) is 0. The van der Waals surface area contributed by atoms with Crippen molar-refractivity contribution >= 4 is 46.4 Å². The minimum atomic E-state index is -0.312. The maximum Gasteiger partial charge on any atom is 0.255 e. The third-order valence-corrected chi connectivity index (χ3v) is 3.36. The molecule has 0 aromatic heterocycles. The van der Waals surface area contributed by atoms with E-state index in [2.05, 4.69) is 10.6 Å². The Bertz CT molecular complexity index is 702. The van der Waals surface area contributed by atoms with Gasteiger partial charge in [-0.05, 0) is 36.4 Å². The first-order valence-electron chi connectivity index (χ1n) is 6.10. The summed E-state index contributed by atoms with van der Waals surface area (Å²) in [6.45, 7) is 1.42. The summed E-state index contributed by atoms with van der Waals surface area (Å²) in [6, 6.07) is 11.5. The van der Waals surface area contributed by atoms with Crippen LogP contribution in [0, 0.1) is 0 Å². The van der Waals surface area contributed by atoms with Crippen molar-refractivity contribution < 1.29 is 9.59 Å². The van der Waals surface area contributed by atoms with E-state index in [0.29, 0.717) is 27.0 Å². The van der Waals surface area contributed by atoms with E-state index in [4.69, 9.17) is 23.2 Å². The van der Waals surface area contributed by atoms with Crippen molar-refractivity contribution in [1.82, 2.24) is 0 Å². The Hall–Kier alpha value is -2.04. The van der Waals surface area contributed by atoms with E-state index >= 15 is 0 Å². The van der Waals surface area contributed by atoms with Crippen molar-refractivity contribution in [3.8, 4) is 0 Å². The first-order chi connectivity index (χ1) is 9.95. The van der Waals surface area contributed by atoms with Crippen LogP contribution in [0.2, 0.25) is 10.0 Å². The van der Waals surface area contributed by atoms with Gasteiger partial charge in [0.2, 0.25) is 5.91 Å². The molecule has 2 rings (SSSR count). The van der Waals surface area contributed by atoms with Gasteiger partial charge in [0.15, 0.2) is 0 Å². The van der Waals surface area contributed by atoms with E-state index in [9.17, 15) is 9.59 Å². The van der Waals surface area contributed by atoms with Crippen LogP contribution < -0.4 is 10.6 Å². The molecule has 0 unspecified atom stereocenters. The maximum atomic E-state index is 12.1. The first-order valence-corrected chi connectivity index (χ1v) is 6.85. The zero-order chi connectivity index (χ0) is 15.4. The highest BCUT2D eigenvalue weighted by Gasteiger charge is 2.09. The molecule has 0 bridgehead atoms. The maximum absolute atomic E-state index is 12.1. The summed E-state index contributed by atoms with van der Waals surface area (Å²) >= 11 is 11.7. The quantitative estimate of drug-likeness (QED) is 0.889. The van der Waals surface area contributed by atoms with Crippen LogP contribution in [0.5, 0.6) is 0 Å². The monoisotopic (exact) mass is 322 g/mol. The summed E-state index contributed by atoms with van der Waals surface area (Å²) in [7, 11) is 0. The molecule has 0 atom stereocenters. The molecule has 0 radical (unpaired) electrons. The Morgan fingerprint density at radius 3 is 2.19 bits per heavy atom.